The molecule has 5 heteroatoms. The van der Waals surface area contributed by atoms with Crippen LogP contribution in [0.15, 0.2) is 53.8 Å². The van der Waals surface area contributed by atoms with Gasteiger partial charge in [0.15, 0.2) is 10.8 Å². The number of hydrogen-bond acceptors (Lipinski definition) is 4. The van der Waals surface area contributed by atoms with E-state index in [-0.39, 0.29) is 0 Å². The molecule has 2 aromatic heterocycles. The number of fused-ring (bicyclic) bond motifs is 1. The molecule has 0 aliphatic carbocycles. The predicted octanol–water partition coefficient (Wildman–Crippen LogP) is 3.13. The molecule has 1 N–H and O–H groups in total. The number of hydrogen-bond donors (Lipinski definition) is 1. The number of ether oxygens (including phenoxy) is 1. The molecule has 0 bridgehead atoms. The van der Waals surface area contributed by atoms with Crippen LogP contribution in [0.4, 0.5) is 0 Å². The van der Waals surface area contributed by atoms with E-state index in [0.29, 0.717) is 6.61 Å². The van der Waals surface area contributed by atoms with Crippen LogP contribution in [0.3, 0.4) is 0 Å². The van der Waals surface area contributed by atoms with E-state index in [0.717, 1.165) is 27.8 Å². The Kier molecular flexibility index (Phi) is 3.65. The fourth-order valence-corrected chi connectivity index (χ4v) is 2.40. The zero-order chi connectivity index (χ0) is 12.9. The van der Waals surface area contributed by atoms with Crippen LogP contribution in [-0.4, -0.2) is 27.3 Å². The van der Waals surface area contributed by atoms with Gasteiger partial charge in [-0.3, -0.25) is 0 Å². The van der Waals surface area contributed by atoms with E-state index in [1.807, 2.05) is 42.5 Å². The number of nitrogens with zero attached hydrogens (tertiary/aromatic N) is 2. The van der Waals surface area contributed by atoms with Crippen molar-refractivity contribution in [1.29, 1.82) is 0 Å². The largest absolute Gasteiger partial charge is 0.493 e. The van der Waals surface area contributed by atoms with Crippen LogP contribution in [0.1, 0.15) is 0 Å². The molecule has 0 saturated carbocycles. The molecule has 0 fully saturated rings. The van der Waals surface area contributed by atoms with Crippen molar-refractivity contribution in [1.82, 2.24) is 15.0 Å². The summed E-state index contributed by atoms with van der Waals surface area (Å²) in [6.45, 7) is 0.652. The van der Waals surface area contributed by atoms with E-state index >= 15 is 0 Å². The lowest BCUT2D eigenvalue weighted by molar-refractivity contribution is 0.344. The summed E-state index contributed by atoms with van der Waals surface area (Å²) in [5.41, 5.74) is 1.72. The number of imidazole rings is 1. The van der Waals surface area contributed by atoms with Crippen molar-refractivity contribution in [3.8, 4) is 5.75 Å². The van der Waals surface area contributed by atoms with Crippen molar-refractivity contribution in [2.75, 3.05) is 12.4 Å². The lowest BCUT2D eigenvalue weighted by Gasteiger charge is -2.04. The molecule has 0 saturated heterocycles. The summed E-state index contributed by atoms with van der Waals surface area (Å²) in [7, 11) is 0. The van der Waals surface area contributed by atoms with Gasteiger partial charge in [0.05, 0.1) is 12.1 Å². The maximum atomic E-state index is 5.62. The summed E-state index contributed by atoms with van der Waals surface area (Å²) in [4.78, 5) is 11.8. The average Bonchev–Trinajstić information content (AvgIpc) is 2.87. The molecule has 3 rings (SSSR count). The molecule has 1 aromatic carbocycles. The van der Waals surface area contributed by atoms with Crippen LogP contribution in [0.25, 0.3) is 11.2 Å². The number of thioether (sulfide) groups is 1. The normalized spacial score (nSPS) is 10.7. The number of aromatic nitrogens is 3. The summed E-state index contributed by atoms with van der Waals surface area (Å²) in [5, 5.41) is 0.880. The molecule has 0 aliphatic heterocycles. The van der Waals surface area contributed by atoms with Crippen molar-refractivity contribution in [3.63, 3.8) is 0 Å². The second-order valence-electron chi connectivity index (χ2n) is 3.93. The third-order valence-corrected chi connectivity index (χ3v) is 3.41. The minimum Gasteiger partial charge on any atom is -0.493 e. The summed E-state index contributed by atoms with van der Waals surface area (Å²) in [6, 6.07) is 13.7. The fraction of sp³-hybridized carbons (Fsp3) is 0.143. The maximum Gasteiger partial charge on any atom is 0.178 e. The first-order valence-electron chi connectivity index (χ1n) is 6.03. The number of rotatable bonds is 5. The van der Waals surface area contributed by atoms with Gasteiger partial charge in [0.1, 0.15) is 5.75 Å². The molecule has 0 atom stereocenters. The minimum absolute atomic E-state index is 0.652. The van der Waals surface area contributed by atoms with Gasteiger partial charge in [-0.2, -0.15) is 0 Å². The number of para-hydroxylation sites is 1. The number of pyridine rings is 1. The van der Waals surface area contributed by atoms with Gasteiger partial charge in [-0.25, -0.2) is 9.97 Å². The molecule has 0 unspecified atom stereocenters. The highest BCUT2D eigenvalue weighted by Gasteiger charge is 2.03. The molecule has 0 amide bonds. The molecule has 0 radical (unpaired) electrons. The molecule has 96 valence electrons. The van der Waals surface area contributed by atoms with E-state index in [9.17, 15) is 0 Å². The SMILES string of the molecule is c1ccc(OCCSc2nc3ncccc3[nH]2)cc1. The third kappa shape index (κ3) is 3.06. The Morgan fingerprint density at radius 3 is 2.84 bits per heavy atom. The lowest BCUT2D eigenvalue weighted by Crippen LogP contribution is -1.99. The van der Waals surface area contributed by atoms with Crippen LogP contribution in [0.2, 0.25) is 0 Å². The fourth-order valence-electron chi connectivity index (χ4n) is 1.71. The molecule has 2 heterocycles. The Hall–Kier alpha value is -2.01. The van der Waals surface area contributed by atoms with Crippen molar-refractivity contribution in [2.24, 2.45) is 0 Å². The molecule has 0 spiro atoms. The topological polar surface area (TPSA) is 50.8 Å². The van der Waals surface area contributed by atoms with Crippen molar-refractivity contribution < 1.29 is 4.74 Å². The van der Waals surface area contributed by atoms with Crippen molar-refractivity contribution in [2.45, 2.75) is 5.16 Å². The third-order valence-electron chi connectivity index (χ3n) is 2.57. The van der Waals surface area contributed by atoms with Crippen molar-refractivity contribution >= 4 is 22.9 Å². The number of benzene rings is 1. The van der Waals surface area contributed by atoms with Gasteiger partial charge in [-0.1, -0.05) is 30.0 Å². The van der Waals surface area contributed by atoms with E-state index in [2.05, 4.69) is 15.0 Å². The van der Waals surface area contributed by atoms with E-state index in [1.165, 1.54) is 0 Å². The second-order valence-corrected chi connectivity index (χ2v) is 5.01. The van der Waals surface area contributed by atoms with Crippen LogP contribution in [-0.2, 0) is 0 Å². The summed E-state index contributed by atoms with van der Waals surface area (Å²) in [6.07, 6.45) is 1.75. The second kappa shape index (κ2) is 5.75. The van der Waals surface area contributed by atoms with Crippen molar-refractivity contribution in [3.05, 3.63) is 48.7 Å². The van der Waals surface area contributed by atoms with Gasteiger partial charge in [-0.05, 0) is 24.3 Å². The number of aromatic amines is 1. The first kappa shape index (κ1) is 12.0. The summed E-state index contributed by atoms with van der Waals surface area (Å²) < 4.78 is 5.62. The Labute approximate surface area is 115 Å². The maximum absolute atomic E-state index is 5.62. The number of H-pyrrole nitrogens is 1. The zero-order valence-electron chi connectivity index (χ0n) is 10.2. The predicted molar refractivity (Wildman–Crippen MR) is 76.5 cm³/mol. The van der Waals surface area contributed by atoms with Gasteiger partial charge >= 0.3 is 0 Å². The zero-order valence-corrected chi connectivity index (χ0v) is 11.1. The quantitative estimate of drug-likeness (QED) is 0.572. The summed E-state index contributed by atoms with van der Waals surface area (Å²) >= 11 is 1.63. The van der Waals surface area contributed by atoms with Gasteiger partial charge in [-0.15, -0.1) is 0 Å². The van der Waals surface area contributed by atoms with Crippen LogP contribution in [0, 0.1) is 0 Å². The Morgan fingerprint density at radius 2 is 2.00 bits per heavy atom. The van der Waals surface area contributed by atoms with Crippen LogP contribution < -0.4 is 4.74 Å². The smallest absolute Gasteiger partial charge is 0.178 e. The first-order valence-corrected chi connectivity index (χ1v) is 7.02. The molecule has 0 aliphatic rings. The van der Waals surface area contributed by atoms with Crippen LogP contribution in [0.5, 0.6) is 5.75 Å². The average molecular weight is 271 g/mol. The highest BCUT2D eigenvalue weighted by atomic mass is 32.2. The Morgan fingerprint density at radius 1 is 1.11 bits per heavy atom. The van der Waals surface area contributed by atoms with Crippen LogP contribution >= 0.6 is 11.8 Å². The minimum atomic E-state index is 0.652. The molecule has 4 nitrogen and oxygen atoms in total. The monoisotopic (exact) mass is 271 g/mol. The van der Waals surface area contributed by atoms with E-state index in [4.69, 9.17) is 4.74 Å². The van der Waals surface area contributed by atoms with Gasteiger partial charge in [0.25, 0.3) is 0 Å². The van der Waals surface area contributed by atoms with Gasteiger partial charge in [0, 0.05) is 11.9 Å². The molecule has 19 heavy (non-hydrogen) atoms. The Bertz CT molecular complexity index is 621. The van der Waals surface area contributed by atoms with E-state index in [1.54, 1.807) is 18.0 Å². The van der Waals surface area contributed by atoms with Gasteiger partial charge < -0.3 is 9.72 Å². The first-order chi connectivity index (χ1) is 9.42. The molecule has 3 aromatic rings. The highest BCUT2D eigenvalue weighted by molar-refractivity contribution is 7.99. The molecular formula is C14H13N3OS. The lowest BCUT2D eigenvalue weighted by atomic mass is 10.3. The molecular weight excluding hydrogens is 258 g/mol. The summed E-state index contributed by atoms with van der Waals surface area (Å²) in [5.74, 6) is 1.74. The highest BCUT2D eigenvalue weighted by Crippen LogP contribution is 2.18. The Balaban J connectivity index is 1.52. The standard InChI is InChI=1S/C14H13N3OS/c1-2-5-11(6-3-1)18-9-10-19-14-16-12-7-4-8-15-13(12)17-14/h1-8H,9-10H2,(H,15,16,17). The van der Waals surface area contributed by atoms with E-state index < -0.39 is 0 Å². The number of nitrogens with one attached hydrogen (secondary N) is 1. The van der Waals surface area contributed by atoms with Gasteiger partial charge in [0.2, 0.25) is 0 Å².